The number of hydrogen-bond acceptors (Lipinski definition) is 6. The Bertz CT molecular complexity index is 619. The Hall–Kier alpha value is -1.70. The molecule has 0 aromatic carbocycles. The zero-order valence-electron chi connectivity index (χ0n) is 16.8. The van der Waals surface area contributed by atoms with Gasteiger partial charge in [-0.15, -0.1) is 6.58 Å². The number of nitrogens with one attached hydrogen (secondary N) is 1. The van der Waals surface area contributed by atoms with Crippen LogP contribution < -0.4 is 5.32 Å². The van der Waals surface area contributed by atoms with Gasteiger partial charge in [-0.1, -0.05) is 25.3 Å². The molecule has 1 aliphatic heterocycles. The number of allylic oxidation sites excluding steroid dienone is 1. The van der Waals surface area contributed by atoms with E-state index in [0.717, 1.165) is 51.9 Å². The van der Waals surface area contributed by atoms with Crippen molar-refractivity contribution in [3.63, 3.8) is 0 Å². The van der Waals surface area contributed by atoms with E-state index in [1.807, 2.05) is 6.08 Å². The summed E-state index contributed by atoms with van der Waals surface area (Å²) >= 11 is 0. The van der Waals surface area contributed by atoms with E-state index in [4.69, 9.17) is 4.42 Å². The van der Waals surface area contributed by atoms with Gasteiger partial charge in [0.1, 0.15) is 6.26 Å². The summed E-state index contributed by atoms with van der Waals surface area (Å²) in [5, 5.41) is 13.1. The highest BCUT2D eigenvalue weighted by molar-refractivity contribution is 5.92. The first-order valence-corrected chi connectivity index (χ1v) is 10.6. The van der Waals surface area contributed by atoms with Gasteiger partial charge in [-0.2, -0.15) is 0 Å². The van der Waals surface area contributed by atoms with E-state index >= 15 is 0 Å². The first-order valence-electron chi connectivity index (χ1n) is 10.6. The fraction of sp³-hybridized carbons (Fsp3) is 0.714. The van der Waals surface area contributed by atoms with Gasteiger partial charge in [-0.05, 0) is 25.7 Å². The molecule has 2 N–H and O–H groups in total. The molecule has 7 nitrogen and oxygen atoms in total. The summed E-state index contributed by atoms with van der Waals surface area (Å²) in [4.78, 5) is 21.3. The highest BCUT2D eigenvalue weighted by Gasteiger charge is 2.22. The van der Waals surface area contributed by atoms with Crippen molar-refractivity contribution in [3.05, 3.63) is 30.5 Å². The minimum atomic E-state index is -0.290. The minimum absolute atomic E-state index is 0.125. The Morgan fingerprint density at radius 1 is 1.29 bits per heavy atom. The summed E-state index contributed by atoms with van der Waals surface area (Å²) in [5.74, 6) is 0.466. The molecule has 1 saturated carbocycles. The molecule has 0 unspecified atom stereocenters. The fourth-order valence-corrected chi connectivity index (χ4v) is 4.01. The van der Waals surface area contributed by atoms with Crippen molar-refractivity contribution in [1.29, 1.82) is 0 Å². The standard InChI is InChI=1S/C21H34N4O3/c1-2-3-9-18(26)14-24-10-12-25(13-11-24)15-20-23-19(16-28-20)21(27)22-17-7-5-4-6-8-17/h2,16-18,26H,1,3-15H2,(H,22,27)/t18-/m0/s1. The molecular weight excluding hydrogens is 356 g/mol. The second-order valence-corrected chi connectivity index (χ2v) is 8.03. The van der Waals surface area contributed by atoms with Gasteiger partial charge < -0.3 is 14.8 Å². The summed E-state index contributed by atoms with van der Waals surface area (Å²) in [6.07, 6.45) is 10.4. The molecule has 0 radical (unpaired) electrons. The molecule has 2 aliphatic rings. The quantitative estimate of drug-likeness (QED) is 0.629. The molecule has 1 aliphatic carbocycles. The fourth-order valence-electron chi connectivity index (χ4n) is 4.01. The first-order chi connectivity index (χ1) is 13.6. The van der Waals surface area contributed by atoms with Gasteiger partial charge in [0.2, 0.25) is 5.89 Å². The van der Waals surface area contributed by atoms with E-state index in [9.17, 15) is 9.90 Å². The van der Waals surface area contributed by atoms with Crippen molar-refractivity contribution >= 4 is 5.91 Å². The number of amides is 1. The third-order valence-corrected chi connectivity index (χ3v) is 5.72. The highest BCUT2D eigenvalue weighted by Crippen LogP contribution is 2.18. The van der Waals surface area contributed by atoms with Gasteiger partial charge in [-0.3, -0.25) is 14.6 Å². The van der Waals surface area contributed by atoms with E-state index in [-0.39, 0.29) is 18.1 Å². The topological polar surface area (TPSA) is 81.8 Å². The Labute approximate surface area is 167 Å². The number of β-amino-alcohol motifs (C(OH)–C–C–N with tert-alkyl or cyclic N) is 1. The van der Waals surface area contributed by atoms with Crippen LogP contribution in [0.4, 0.5) is 0 Å². The zero-order valence-corrected chi connectivity index (χ0v) is 16.8. The van der Waals surface area contributed by atoms with Crippen molar-refractivity contribution in [2.24, 2.45) is 0 Å². The molecule has 0 bridgehead atoms. The lowest BCUT2D eigenvalue weighted by Gasteiger charge is -2.34. The summed E-state index contributed by atoms with van der Waals surface area (Å²) in [5.41, 5.74) is 0.379. The third kappa shape index (κ3) is 6.43. The van der Waals surface area contributed by atoms with Crippen molar-refractivity contribution in [1.82, 2.24) is 20.1 Å². The van der Waals surface area contributed by atoms with Crippen LogP contribution in [0.25, 0.3) is 0 Å². The first kappa shape index (κ1) is 21.0. The number of piperazine rings is 1. The molecule has 0 spiro atoms. The van der Waals surface area contributed by atoms with Gasteiger partial charge in [-0.25, -0.2) is 4.98 Å². The molecular formula is C21H34N4O3. The average Bonchev–Trinajstić information content (AvgIpc) is 3.17. The maximum absolute atomic E-state index is 12.4. The number of aliphatic hydroxyl groups is 1. The maximum atomic E-state index is 12.4. The van der Waals surface area contributed by atoms with Crippen LogP contribution in [0, 0.1) is 0 Å². The normalized spacial score (nSPS) is 20.8. The maximum Gasteiger partial charge on any atom is 0.273 e. The molecule has 1 aromatic heterocycles. The molecule has 2 heterocycles. The van der Waals surface area contributed by atoms with E-state index in [1.54, 1.807) is 0 Å². The third-order valence-electron chi connectivity index (χ3n) is 5.72. The number of carbonyl (C=O) groups excluding carboxylic acids is 1. The SMILES string of the molecule is C=CCC[C@H](O)CN1CCN(Cc2nc(C(=O)NC3CCCCC3)co2)CC1. The summed E-state index contributed by atoms with van der Waals surface area (Å²) in [6.45, 7) is 8.67. The second-order valence-electron chi connectivity index (χ2n) is 8.03. The molecule has 28 heavy (non-hydrogen) atoms. The van der Waals surface area contributed by atoms with Crippen LogP contribution in [0.1, 0.15) is 61.3 Å². The van der Waals surface area contributed by atoms with Crippen molar-refractivity contribution in [2.75, 3.05) is 32.7 Å². The summed E-state index contributed by atoms with van der Waals surface area (Å²) < 4.78 is 5.54. The monoisotopic (exact) mass is 390 g/mol. The predicted molar refractivity (Wildman–Crippen MR) is 108 cm³/mol. The van der Waals surface area contributed by atoms with Gasteiger partial charge in [0, 0.05) is 38.8 Å². The summed E-state index contributed by atoms with van der Waals surface area (Å²) in [6, 6.07) is 0.274. The molecule has 7 heteroatoms. The smallest absolute Gasteiger partial charge is 0.273 e. The van der Waals surface area contributed by atoms with Gasteiger partial charge in [0.15, 0.2) is 5.69 Å². The van der Waals surface area contributed by atoms with E-state index in [0.29, 0.717) is 24.7 Å². The second kappa shape index (κ2) is 10.7. The van der Waals surface area contributed by atoms with Crippen LogP contribution >= 0.6 is 0 Å². The minimum Gasteiger partial charge on any atom is -0.447 e. The lowest BCUT2D eigenvalue weighted by Crippen LogP contribution is -2.48. The van der Waals surface area contributed by atoms with Crippen LogP contribution in [-0.4, -0.2) is 70.7 Å². The van der Waals surface area contributed by atoms with Gasteiger partial charge in [0.05, 0.1) is 12.6 Å². The van der Waals surface area contributed by atoms with Crippen LogP contribution in [0.3, 0.4) is 0 Å². The number of hydrogen-bond donors (Lipinski definition) is 2. The average molecular weight is 391 g/mol. The number of carbonyl (C=O) groups is 1. The zero-order chi connectivity index (χ0) is 19.8. The van der Waals surface area contributed by atoms with Crippen LogP contribution in [-0.2, 0) is 6.54 Å². The predicted octanol–water partition coefficient (Wildman–Crippen LogP) is 2.18. The highest BCUT2D eigenvalue weighted by atomic mass is 16.3. The van der Waals surface area contributed by atoms with Crippen LogP contribution in [0.5, 0.6) is 0 Å². The van der Waals surface area contributed by atoms with E-state index in [1.165, 1.54) is 25.5 Å². The molecule has 156 valence electrons. The van der Waals surface area contributed by atoms with E-state index in [2.05, 4.69) is 26.7 Å². The van der Waals surface area contributed by atoms with Crippen molar-refractivity contribution < 1.29 is 14.3 Å². The lowest BCUT2D eigenvalue weighted by molar-refractivity contribution is 0.0642. The molecule has 1 atom stereocenters. The van der Waals surface area contributed by atoms with Crippen molar-refractivity contribution in [2.45, 2.75) is 63.6 Å². The number of rotatable bonds is 9. The summed E-state index contributed by atoms with van der Waals surface area (Å²) in [7, 11) is 0. The number of nitrogens with zero attached hydrogens (tertiary/aromatic N) is 3. The lowest BCUT2D eigenvalue weighted by atomic mass is 9.95. The molecule has 1 saturated heterocycles. The largest absolute Gasteiger partial charge is 0.447 e. The Morgan fingerprint density at radius 3 is 2.71 bits per heavy atom. The molecule has 1 aromatic rings. The Balaban J connectivity index is 1.39. The molecule has 1 amide bonds. The Kier molecular flexibility index (Phi) is 8.06. The van der Waals surface area contributed by atoms with Crippen LogP contribution in [0.2, 0.25) is 0 Å². The van der Waals surface area contributed by atoms with Crippen molar-refractivity contribution in [3.8, 4) is 0 Å². The van der Waals surface area contributed by atoms with Gasteiger partial charge in [0.25, 0.3) is 5.91 Å². The Morgan fingerprint density at radius 2 is 2.00 bits per heavy atom. The number of oxazole rings is 1. The number of aliphatic hydroxyl groups excluding tert-OH is 1. The number of aromatic nitrogens is 1. The van der Waals surface area contributed by atoms with Crippen LogP contribution in [0.15, 0.2) is 23.3 Å². The van der Waals surface area contributed by atoms with Gasteiger partial charge >= 0.3 is 0 Å². The molecule has 3 rings (SSSR count). The van der Waals surface area contributed by atoms with E-state index < -0.39 is 0 Å². The molecule has 2 fully saturated rings.